The van der Waals surface area contributed by atoms with Crippen molar-refractivity contribution < 1.29 is 14.3 Å². The zero-order valence-corrected chi connectivity index (χ0v) is 27.7. The lowest BCUT2D eigenvalue weighted by Gasteiger charge is -2.42. The van der Waals surface area contributed by atoms with E-state index in [1.807, 2.05) is 43.1 Å². The number of piperidine rings is 1. The van der Waals surface area contributed by atoms with E-state index >= 15 is 0 Å². The minimum Gasteiger partial charge on any atom is -0.491 e. The van der Waals surface area contributed by atoms with Gasteiger partial charge in [-0.1, -0.05) is 44.9 Å². The molecule has 242 valence electrons. The second kappa shape index (κ2) is 16.2. The molecular weight excluding hydrogens is 552 g/mol. The number of hydrogen-bond acceptors (Lipinski definition) is 7. The van der Waals surface area contributed by atoms with Gasteiger partial charge < -0.3 is 24.8 Å². The lowest BCUT2D eigenvalue weighted by Crippen LogP contribution is -2.51. The maximum Gasteiger partial charge on any atom is 0.257 e. The summed E-state index contributed by atoms with van der Waals surface area (Å²) >= 11 is 0. The lowest BCUT2D eigenvalue weighted by atomic mass is 9.73. The van der Waals surface area contributed by atoms with Gasteiger partial charge in [0.25, 0.3) is 5.91 Å². The van der Waals surface area contributed by atoms with Gasteiger partial charge in [-0.15, -0.1) is 0 Å². The number of nitrogens with one attached hydrogen (secondary N) is 1. The molecule has 1 aromatic carbocycles. The average molecular weight is 607 g/mol. The SMILES string of the molecule is CNCCCc1nc(N(C)CCC(C)C)ncc1C(=O)N1CCC2(CCCCCc3ccccc3OCCN(C)C2=O)CC1. The predicted molar refractivity (Wildman–Crippen MR) is 176 cm³/mol. The van der Waals surface area contributed by atoms with Gasteiger partial charge in [0.2, 0.25) is 11.9 Å². The van der Waals surface area contributed by atoms with Crippen LogP contribution in [-0.2, 0) is 17.6 Å². The van der Waals surface area contributed by atoms with Gasteiger partial charge in [-0.25, -0.2) is 9.97 Å². The minimum absolute atomic E-state index is 0.0210. The standard InChI is InChI=1S/C35H54N6O3/c1-27(2)16-21-40(5)34-37-26-29(30(38-34)14-11-20-36-3)32(42)41-22-18-35(19-23-41)17-10-6-7-12-28-13-8-9-15-31(28)44-25-24-39(4)33(35)43/h8-9,13,15,26-27,36H,6-7,10-12,14,16-25H2,1-5H3. The first-order valence-corrected chi connectivity index (χ1v) is 16.7. The lowest BCUT2D eigenvalue weighted by molar-refractivity contribution is -0.144. The molecule has 0 bridgehead atoms. The second-order valence-electron chi connectivity index (χ2n) is 13.2. The van der Waals surface area contributed by atoms with Crippen LogP contribution in [0.5, 0.6) is 5.75 Å². The number of hydrogen-bond donors (Lipinski definition) is 1. The van der Waals surface area contributed by atoms with Gasteiger partial charge >= 0.3 is 0 Å². The van der Waals surface area contributed by atoms with Crippen LogP contribution in [0.25, 0.3) is 0 Å². The molecular formula is C35H54N6O3. The van der Waals surface area contributed by atoms with Gasteiger partial charge in [-0.05, 0) is 82.5 Å². The zero-order chi connectivity index (χ0) is 31.5. The molecule has 1 N–H and O–H groups in total. The van der Waals surface area contributed by atoms with Gasteiger partial charge in [-0.3, -0.25) is 9.59 Å². The summed E-state index contributed by atoms with van der Waals surface area (Å²) in [7, 11) is 5.85. The summed E-state index contributed by atoms with van der Waals surface area (Å²) in [6.07, 6.45) is 10.7. The molecule has 4 rings (SSSR count). The average Bonchev–Trinajstić information content (AvgIpc) is 3.04. The highest BCUT2D eigenvalue weighted by Crippen LogP contribution is 2.39. The van der Waals surface area contributed by atoms with Gasteiger partial charge in [0.15, 0.2) is 0 Å². The van der Waals surface area contributed by atoms with E-state index < -0.39 is 5.41 Å². The normalized spacial score (nSPS) is 17.8. The molecule has 2 aliphatic heterocycles. The number of nitrogens with zero attached hydrogens (tertiary/aromatic N) is 5. The van der Waals surface area contributed by atoms with Crippen LogP contribution in [0.4, 0.5) is 5.95 Å². The molecule has 3 heterocycles. The number of rotatable bonds is 9. The third-order valence-electron chi connectivity index (χ3n) is 9.38. The molecule has 2 amide bonds. The number of para-hydroxylation sites is 1. The van der Waals surface area contributed by atoms with E-state index in [1.54, 1.807) is 6.20 Å². The molecule has 1 spiro atoms. The van der Waals surface area contributed by atoms with E-state index in [4.69, 9.17) is 9.72 Å². The fraction of sp³-hybridized carbons (Fsp3) is 0.657. The van der Waals surface area contributed by atoms with Crippen molar-refractivity contribution in [1.82, 2.24) is 25.1 Å². The van der Waals surface area contributed by atoms with E-state index in [2.05, 4.69) is 41.2 Å². The van der Waals surface area contributed by atoms with E-state index in [0.717, 1.165) is 69.5 Å². The van der Waals surface area contributed by atoms with Crippen molar-refractivity contribution in [3.05, 3.63) is 47.3 Å². The number of amides is 2. The Morgan fingerprint density at radius 1 is 1.11 bits per heavy atom. The molecule has 1 aromatic heterocycles. The monoisotopic (exact) mass is 606 g/mol. The van der Waals surface area contributed by atoms with Crippen molar-refractivity contribution in [2.45, 2.75) is 78.1 Å². The molecule has 1 saturated heterocycles. The summed E-state index contributed by atoms with van der Waals surface area (Å²) in [6.45, 7) is 8.29. The van der Waals surface area contributed by atoms with Crippen LogP contribution >= 0.6 is 0 Å². The first-order valence-electron chi connectivity index (χ1n) is 16.7. The zero-order valence-electron chi connectivity index (χ0n) is 27.7. The molecule has 44 heavy (non-hydrogen) atoms. The molecule has 9 nitrogen and oxygen atoms in total. The van der Waals surface area contributed by atoms with Crippen molar-refractivity contribution in [2.75, 3.05) is 65.4 Å². The molecule has 0 saturated carbocycles. The van der Waals surface area contributed by atoms with E-state index in [1.165, 1.54) is 5.56 Å². The molecule has 2 aromatic rings. The first kappa shape index (κ1) is 33.7. The van der Waals surface area contributed by atoms with Crippen LogP contribution in [0.15, 0.2) is 30.5 Å². The number of likely N-dealkylation sites (tertiary alicyclic amines) is 1. The Kier molecular flexibility index (Phi) is 12.4. The summed E-state index contributed by atoms with van der Waals surface area (Å²) in [5.41, 5.74) is 2.20. The van der Waals surface area contributed by atoms with Gasteiger partial charge in [0.05, 0.1) is 23.2 Å². The maximum absolute atomic E-state index is 13.9. The third kappa shape index (κ3) is 8.71. The number of carbonyl (C=O) groups is 2. The third-order valence-corrected chi connectivity index (χ3v) is 9.38. The maximum atomic E-state index is 13.9. The molecule has 0 aliphatic carbocycles. The quantitative estimate of drug-likeness (QED) is 0.403. The number of aryl methyl sites for hydroxylation is 2. The highest BCUT2D eigenvalue weighted by Gasteiger charge is 2.43. The minimum atomic E-state index is -0.443. The number of aromatic nitrogens is 2. The Labute approximate surface area is 264 Å². The Hall–Kier alpha value is -3.20. The van der Waals surface area contributed by atoms with Gasteiger partial charge in [0, 0.05) is 39.9 Å². The largest absolute Gasteiger partial charge is 0.491 e. The van der Waals surface area contributed by atoms with Crippen LogP contribution in [0.3, 0.4) is 0 Å². The van der Waals surface area contributed by atoms with Crippen LogP contribution in [0.1, 0.15) is 86.8 Å². The molecule has 0 unspecified atom stereocenters. The summed E-state index contributed by atoms with van der Waals surface area (Å²) in [4.78, 5) is 43.2. The van der Waals surface area contributed by atoms with Gasteiger partial charge in [0.1, 0.15) is 12.4 Å². The number of benzene rings is 1. The van der Waals surface area contributed by atoms with Gasteiger partial charge in [-0.2, -0.15) is 0 Å². The van der Waals surface area contributed by atoms with Crippen molar-refractivity contribution in [3.8, 4) is 5.75 Å². The molecule has 0 atom stereocenters. The summed E-state index contributed by atoms with van der Waals surface area (Å²) in [5.74, 6) is 2.36. The predicted octanol–water partition coefficient (Wildman–Crippen LogP) is 4.99. The molecule has 9 heteroatoms. The number of anilines is 1. The summed E-state index contributed by atoms with van der Waals surface area (Å²) < 4.78 is 6.12. The topological polar surface area (TPSA) is 90.9 Å². The van der Waals surface area contributed by atoms with Crippen molar-refractivity contribution >= 4 is 17.8 Å². The Morgan fingerprint density at radius 3 is 2.64 bits per heavy atom. The number of fused-ring (bicyclic) bond motifs is 1. The van der Waals surface area contributed by atoms with Crippen LogP contribution in [0.2, 0.25) is 0 Å². The molecule has 0 radical (unpaired) electrons. The Balaban J connectivity index is 1.45. The molecule has 1 fully saturated rings. The van der Waals surface area contributed by atoms with E-state index in [9.17, 15) is 9.59 Å². The number of likely N-dealkylation sites (N-methyl/N-ethyl adjacent to an activating group) is 1. The van der Waals surface area contributed by atoms with Crippen LogP contribution < -0.4 is 15.0 Å². The van der Waals surface area contributed by atoms with Crippen molar-refractivity contribution in [2.24, 2.45) is 11.3 Å². The Morgan fingerprint density at radius 2 is 1.89 bits per heavy atom. The van der Waals surface area contributed by atoms with Crippen LogP contribution in [0, 0.1) is 11.3 Å². The fourth-order valence-corrected chi connectivity index (χ4v) is 6.43. The number of ether oxygens (including phenoxy) is 1. The number of carbonyl (C=O) groups excluding carboxylic acids is 2. The highest BCUT2D eigenvalue weighted by atomic mass is 16.5. The second-order valence-corrected chi connectivity index (χ2v) is 13.2. The fourth-order valence-electron chi connectivity index (χ4n) is 6.43. The molecule has 2 aliphatic rings. The van der Waals surface area contributed by atoms with Crippen molar-refractivity contribution in [3.63, 3.8) is 0 Å². The van der Waals surface area contributed by atoms with E-state index in [-0.39, 0.29) is 11.8 Å². The van der Waals surface area contributed by atoms with Crippen molar-refractivity contribution in [1.29, 1.82) is 0 Å². The Bertz CT molecular complexity index is 1230. The smallest absolute Gasteiger partial charge is 0.257 e. The van der Waals surface area contributed by atoms with Crippen LogP contribution in [-0.4, -0.2) is 92.1 Å². The summed E-state index contributed by atoms with van der Waals surface area (Å²) in [6, 6.07) is 8.25. The highest BCUT2D eigenvalue weighted by molar-refractivity contribution is 5.95. The first-order chi connectivity index (χ1) is 21.2. The van der Waals surface area contributed by atoms with E-state index in [0.29, 0.717) is 62.9 Å². The summed E-state index contributed by atoms with van der Waals surface area (Å²) in [5, 5.41) is 3.20.